The molecule has 8 nitrogen and oxygen atoms in total. The highest BCUT2D eigenvalue weighted by atomic mass is 16.5. The van der Waals surface area contributed by atoms with Crippen LogP contribution in [-0.2, 0) is 9.47 Å². The molecule has 0 aliphatic carbocycles. The van der Waals surface area contributed by atoms with Gasteiger partial charge in [0.15, 0.2) is 12.3 Å². The second-order valence-corrected chi connectivity index (χ2v) is 6.25. The zero-order valence-corrected chi connectivity index (χ0v) is 16.2. The lowest BCUT2D eigenvalue weighted by Crippen LogP contribution is -2.16. The Hall–Kier alpha value is -3.81. The summed E-state index contributed by atoms with van der Waals surface area (Å²) < 4.78 is 11.6. The van der Waals surface area contributed by atoms with Crippen molar-refractivity contribution in [3.05, 3.63) is 77.1 Å². The first-order valence-electron chi connectivity index (χ1n) is 8.76. The predicted molar refractivity (Wildman–Crippen MR) is 103 cm³/mol. The molecule has 0 spiro atoms. The smallest absolute Gasteiger partial charge is 0.358 e. The van der Waals surface area contributed by atoms with E-state index >= 15 is 0 Å². The van der Waals surface area contributed by atoms with Crippen molar-refractivity contribution in [3.63, 3.8) is 0 Å². The van der Waals surface area contributed by atoms with E-state index in [0.717, 1.165) is 11.4 Å². The fraction of sp³-hybridized carbons (Fsp3) is 0.190. The number of nitrogens with zero attached hydrogens (tertiary/aromatic N) is 3. The first kappa shape index (κ1) is 19.9. The van der Waals surface area contributed by atoms with Gasteiger partial charge in [0.2, 0.25) is 5.78 Å². The molecule has 0 unspecified atom stereocenters. The van der Waals surface area contributed by atoms with Crippen molar-refractivity contribution >= 4 is 17.7 Å². The monoisotopic (exact) mass is 393 g/mol. The number of ether oxygens (including phenoxy) is 2. The van der Waals surface area contributed by atoms with E-state index in [1.807, 2.05) is 11.5 Å². The minimum atomic E-state index is -0.710. The van der Waals surface area contributed by atoms with Crippen molar-refractivity contribution < 1.29 is 23.9 Å². The van der Waals surface area contributed by atoms with Gasteiger partial charge in [-0.3, -0.25) is 9.78 Å². The number of carbonyl (C=O) groups excluding carboxylic acids is 3. The van der Waals surface area contributed by atoms with Crippen molar-refractivity contribution in [2.75, 3.05) is 13.7 Å². The van der Waals surface area contributed by atoms with Crippen molar-refractivity contribution in [1.82, 2.24) is 14.5 Å². The first-order valence-corrected chi connectivity index (χ1v) is 8.76. The van der Waals surface area contributed by atoms with Crippen molar-refractivity contribution in [1.29, 1.82) is 0 Å². The molecule has 0 N–H and O–H groups in total. The van der Waals surface area contributed by atoms with Crippen molar-refractivity contribution in [2.45, 2.75) is 13.8 Å². The molecule has 0 aliphatic rings. The number of ketones is 1. The Morgan fingerprint density at radius 2 is 1.76 bits per heavy atom. The predicted octanol–water partition coefficient (Wildman–Crippen LogP) is 2.71. The average molecular weight is 393 g/mol. The zero-order chi connectivity index (χ0) is 21.0. The van der Waals surface area contributed by atoms with Gasteiger partial charge in [-0.25, -0.2) is 14.6 Å². The summed E-state index contributed by atoms with van der Waals surface area (Å²) in [4.78, 5) is 43.8. The van der Waals surface area contributed by atoms with Crippen LogP contribution in [-0.4, -0.2) is 46.0 Å². The van der Waals surface area contributed by atoms with E-state index in [4.69, 9.17) is 9.47 Å². The fourth-order valence-electron chi connectivity index (χ4n) is 2.99. The second kappa shape index (κ2) is 8.47. The summed E-state index contributed by atoms with van der Waals surface area (Å²) in [5.74, 6) is -1.45. The van der Waals surface area contributed by atoms with Crippen LogP contribution in [0.4, 0.5) is 0 Å². The summed E-state index contributed by atoms with van der Waals surface area (Å²) in [6, 6.07) is 8.60. The maximum Gasteiger partial charge on any atom is 0.358 e. The van der Waals surface area contributed by atoms with Crippen LogP contribution in [0.25, 0.3) is 5.69 Å². The molecule has 1 aromatic carbocycles. The summed E-state index contributed by atoms with van der Waals surface area (Å²) in [6.07, 6.45) is 4.09. The Labute approximate surface area is 167 Å². The van der Waals surface area contributed by atoms with Crippen LogP contribution in [0.5, 0.6) is 0 Å². The minimum Gasteiger partial charge on any atom is -0.465 e. The molecule has 2 aromatic heterocycles. The van der Waals surface area contributed by atoms with Crippen LogP contribution in [0.2, 0.25) is 0 Å². The Morgan fingerprint density at radius 1 is 1.03 bits per heavy atom. The molecule has 0 bridgehead atoms. The summed E-state index contributed by atoms with van der Waals surface area (Å²) >= 11 is 0. The molecule has 0 fully saturated rings. The standard InChI is InChI=1S/C21H19N3O5/c1-13-10-17(19(25)12-29-21(27)18-11-22-8-9-23-18)14(2)24(13)16-6-4-15(5-7-16)20(26)28-3/h4-11H,12H2,1-3H3. The van der Waals surface area contributed by atoms with Gasteiger partial charge in [-0.2, -0.15) is 0 Å². The lowest BCUT2D eigenvalue weighted by molar-refractivity contribution is 0.0468. The van der Waals surface area contributed by atoms with E-state index in [2.05, 4.69) is 9.97 Å². The fourth-order valence-corrected chi connectivity index (χ4v) is 2.99. The first-order chi connectivity index (χ1) is 13.9. The molecule has 0 radical (unpaired) electrons. The molecule has 0 atom stereocenters. The molecule has 148 valence electrons. The van der Waals surface area contributed by atoms with Gasteiger partial charge < -0.3 is 14.0 Å². The van der Waals surface area contributed by atoms with Gasteiger partial charge in [-0.1, -0.05) is 0 Å². The largest absolute Gasteiger partial charge is 0.465 e. The number of rotatable bonds is 6. The van der Waals surface area contributed by atoms with Gasteiger partial charge >= 0.3 is 11.9 Å². The van der Waals surface area contributed by atoms with E-state index in [1.165, 1.54) is 25.7 Å². The molecule has 0 amide bonds. The summed E-state index contributed by atoms with van der Waals surface area (Å²) in [7, 11) is 1.32. The van der Waals surface area contributed by atoms with E-state index < -0.39 is 18.5 Å². The zero-order valence-electron chi connectivity index (χ0n) is 16.2. The van der Waals surface area contributed by atoms with Gasteiger partial charge in [-0.15, -0.1) is 0 Å². The maximum absolute atomic E-state index is 12.6. The second-order valence-electron chi connectivity index (χ2n) is 6.25. The van der Waals surface area contributed by atoms with Crippen LogP contribution in [0, 0.1) is 13.8 Å². The lowest BCUT2D eigenvalue weighted by atomic mass is 10.1. The molecular formula is C21H19N3O5. The molecule has 0 aliphatic heterocycles. The van der Waals surface area contributed by atoms with Crippen LogP contribution in [0.3, 0.4) is 0 Å². The molecule has 29 heavy (non-hydrogen) atoms. The van der Waals surface area contributed by atoms with Gasteiger partial charge in [0.25, 0.3) is 0 Å². The van der Waals surface area contributed by atoms with Gasteiger partial charge in [0.05, 0.1) is 18.9 Å². The quantitative estimate of drug-likeness (QED) is 0.469. The van der Waals surface area contributed by atoms with Crippen molar-refractivity contribution in [3.8, 4) is 5.69 Å². The summed E-state index contributed by atoms with van der Waals surface area (Å²) in [5, 5.41) is 0. The highest BCUT2D eigenvalue weighted by Gasteiger charge is 2.19. The highest BCUT2D eigenvalue weighted by molar-refractivity contribution is 6.00. The van der Waals surface area contributed by atoms with Crippen LogP contribution in [0.15, 0.2) is 48.9 Å². The molecule has 0 saturated heterocycles. The number of Topliss-reactive ketones (excluding diaryl/α,β-unsaturated/α-hetero) is 1. The number of aryl methyl sites for hydroxylation is 1. The molecule has 3 aromatic rings. The molecular weight excluding hydrogens is 374 g/mol. The number of carbonyl (C=O) groups is 3. The van der Waals surface area contributed by atoms with E-state index in [-0.39, 0.29) is 11.5 Å². The third kappa shape index (κ3) is 4.21. The molecule has 3 rings (SSSR count). The minimum absolute atomic E-state index is 0.0384. The van der Waals surface area contributed by atoms with Crippen LogP contribution < -0.4 is 0 Å². The third-order valence-electron chi connectivity index (χ3n) is 4.38. The topological polar surface area (TPSA) is 100 Å². The van der Waals surface area contributed by atoms with Crippen LogP contribution >= 0.6 is 0 Å². The van der Waals surface area contributed by atoms with Gasteiger partial charge in [-0.05, 0) is 44.2 Å². The van der Waals surface area contributed by atoms with Gasteiger partial charge in [0.1, 0.15) is 0 Å². The molecule has 0 saturated carbocycles. The van der Waals surface area contributed by atoms with Gasteiger partial charge in [0, 0.05) is 35.0 Å². The van der Waals surface area contributed by atoms with E-state index in [9.17, 15) is 14.4 Å². The lowest BCUT2D eigenvalue weighted by Gasteiger charge is -2.10. The van der Waals surface area contributed by atoms with Crippen LogP contribution in [0.1, 0.15) is 42.6 Å². The van der Waals surface area contributed by atoms with E-state index in [0.29, 0.717) is 16.8 Å². The highest BCUT2D eigenvalue weighted by Crippen LogP contribution is 2.22. The number of hydrogen-bond acceptors (Lipinski definition) is 7. The Morgan fingerprint density at radius 3 is 2.38 bits per heavy atom. The number of hydrogen-bond donors (Lipinski definition) is 0. The summed E-state index contributed by atoms with van der Waals surface area (Å²) in [5.41, 5.74) is 3.25. The normalized spacial score (nSPS) is 10.4. The molecule has 8 heteroatoms. The number of benzene rings is 1. The summed E-state index contributed by atoms with van der Waals surface area (Å²) in [6.45, 7) is 3.27. The Bertz CT molecular complexity index is 1060. The molecule has 2 heterocycles. The SMILES string of the molecule is COC(=O)c1ccc(-n2c(C)cc(C(=O)COC(=O)c3cnccn3)c2C)cc1. The Kier molecular flexibility index (Phi) is 5.82. The third-order valence-corrected chi connectivity index (χ3v) is 4.38. The van der Waals surface area contributed by atoms with E-state index in [1.54, 1.807) is 37.3 Å². The number of methoxy groups -OCH3 is 1. The number of aromatic nitrogens is 3. The van der Waals surface area contributed by atoms with Crippen molar-refractivity contribution in [2.24, 2.45) is 0 Å². The Balaban J connectivity index is 1.77. The number of esters is 2. The maximum atomic E-state index is 12.6. The average Bonchev–Trinajstić information content (AvgIpc) is 3.06.